The number of likely N-dealkylation sites (tertiary alicyclic amines) is 1. The van der Waals surface area contributed by atoms with Crippen molar-refractivity contribution in [3.63, 3.8) is 0 Å². The molecule has 6 atom stereocenters. The molecule has 9 heteroatoms. The molecular weight excluding hydrogens is 524 g/mol. The van der Waals surface area contributed by atoms with Crippen molar-refractivity contribution in [2.24, 2.45) is 11.8 Å². The average molecular weight is 555 g/mol. The normalized spacial score (nSPS) is 30.2. The first-order valence-corrected chi connectivity index (χ1v) is 13.9. The van der Waals surface area contributed by atoms with Crippen LogP contribution in [-0.4, -0.2) is 67.6 Å². The molecule has 0 saturated carbocycles. The van der Waals surface area contributed by atoms with Crippen LogP contribution >= 0.6 is 23.4 Å². The lowest BCUT2D eigenvalue weighted by Crippen LogP contribution is -2.58. The maximum absolute atomic E-state index is 14.6. The van der Waals surface area contributed by atoms with Crippen LogP contribution in [0.3, 0.4) is 0 Å². The number of carbonyl (C=O) groups is 3. The predicted molar refractivity (Wildman–Crippen MR) is 148 cm³/mol. The monoisotopic (exact) mass is 554 g/mol. The summed E-state index contributed by atoms with van der Waals surface area (Å²) in [7, 11) is 0. The molecule has 7 nitrogen and oxygen atoms in total. The first kappa shape index (κ1) is 26.8. The Morgan fingerprint density at radius 2 is 1.89 bits per heavy atom. The minimum Gasteiger partial charge on any atom is -0.481 e. The molecule has 3 fully saturated rings. The summed E-state index contributed by atoms with van der Waals surface area (Å²) in [5, 5.41) is 21.2. The summed E-state index contributed by atoms with van der Waals surface area (Å²) in [5.41, 5.74) is 1.40. The number of benzene rings is 2. The molecule has 0 aromatic heterocycles. The summed E-state index contributed by atoms with van der Waals surface area (Å²) in [6, 6.07) is 14.8. The lowest BCUT2D eigenvalue weighted by atomic mass is 9.66. The number of anilines is 1. The predicted octanol–water partition coefficient (Wildman–Crippen LogP) is 4.03. The molecule has 5 rings (SSSR count). The van der Waals surface area contributed by atoms with Crippen LogP contribution in [0.15, 0.2) is 67.3 Å². The van der Waals surface area contributed by atoms with Crippen LogP contribution in [0.2, 0.25) is 5.02 Å². The van der Waals surface area contributed by atoms with E-state index in [0.29, 0.717) is 30.0 Å². The van der Waals surface area contributed by atoms with E-state index < -0.39 is 39.4 Å². The third-order valence-electron chi connectivity index (χ3n) is 8.35. The number of carboxylic acids is 1. The number of carbonyl (C=O) groups excluding carboxylic acids is 2. The highest BCUT2D eigenvalue weighted by Gasteiger charge is 2.78. The number of fused-ring (bicyclic) bond motifs is 1. The molecule has 2 N–H and O–H groups in total. The van der Waals surface area contributed by atoms with Crippen LogP contribution in [0.1, 0.15) is 25.3 Å². The summed E-state index contributed by atoms with van der Waals surface area (Å²) in [5.74, 6) is -3.52. The molecule has 3 aliphatic heterocycles. The molecule has 0 aliphatic carbocycles. The molecule has 0 radical (unpaired) electrons. The van der Waals surface area contributed by atoms with Gasteiger partial charge in [-0.05, 0) is 43.9 Å². The Hall–Kier alpha value is -2.81. The SMILES string of the molecule is C=CCN(C(=O)C1N([C@@H](CO)Cc2ccccc2)C(=O)[C@@H]2[C@@H](C(=O)O)[C@@]3(C)CCC12S3)c1ccccc1Cl. The lowest BCUT2D eigenvalue weighted by molar-refractivity contribution is -0.150. The largest absolute Gasteiger partial charge is 0.481 e. The first-order chi connectivity index (χ1) is 18.2. The smallest absolute Gasteiger partial charge is 0.308 e. The van der Waals surface area contributed by atoms with E-state index in [4.69, 9.17) is 11.6 Å². The zero-order chi connectivity index (χ0) is 27.2. The minimum absolute atomic E-state index is 0.161. The van der Waals surface area contributed by atoms with Gasteiger partial charge >= 0.3 is 5.97 Å². The van der Waals surface area contributed by atoms with Crippen LogP contribution in [-0.2, 0) is 20.8 Å². The van der Waals surface area contributed by atoms with E-state index in [1.165, 1.54) is 21.6 Å². The number of halogens is 1. The van der Waals surface area contributed by atoms with E-state index in [9.17, 15) is 24.6 Å². The Bertz CT molecular complexity index is 1270. The molecule has 2 unspecified atom stereocenters. The van der Waals surface area contributed by atoms with Crippen LogP contribution < -0.4 is 4.90 Å². The van der Waals surface area contributed by atoms with Crippen molar-refractivity contribution >= 4 is 46.8 Å². The summed E-state index contributed by atoms with van der Waals surface area (Å²) in [6.45, 7) is 5.52. The van der Waals surface area contributed by atoms with Gasteiger partial charge in [-0.1, -0.05) is 60.1 Å². The van der Waals surface area contributed by atoms with Crippen molar-refractivity contribution in [3.05, 3.63) is 77.8 Å². The van der Waals surface area contributed by atoms with Gasteiger partial charge in [0.1, 0.15) is 6.04 Å². The van der Waals surface area contributed by atoms with Crippen molar-refractivity contribution in [1.29, 1.82) is 0 Å². The number of aliphatic carboxylic acids is 1. The van der Waals surface area contributed by atoms with E-state index >= 15 is 0 Å². The fourth-order valence-electron chi connectivity index (χ4n) is 6.80. The molecule has 3 aliphatic rings. The molecule has 200 valence electrons. The molecule has 38 heavy (non-hydrogen) atoms. The van der Waals surface area contributed by atoms with E-state index in [-0.39, 0.29) is 25.0 Å². The average Bonchev–Trinajstić information content (AvgIpc) is 3.47. The zero-order valence-electron chi connectivity index (χ0n) is 21.1. The number of rotatable bonds is 9. The number of nitrogens with zero attached hydrogens (tertiary/aromatic N) is 2. The van der Waals surface area contributed by atoms with Crippen molar-refractivity contribution in [2.45, 2.75) is 47.8 Å². The number of carboxylic acid groups (broad SMARTS) is 1. The Labute approximate surface area is 231 Å². The summed E-state index contributed by atoms with van der Waals surface area (Å²) >= 11 is 7.98. The number of amides is 2. The number of para-hydroxylation sites is 1. The number of aliphatic hydroxyl groups is 1. The molecule has 2 aromatic carbocycles. The summed E-state index contributed by atoms with van der Waals surface area (Å²) in [6.07, 6.45) is 3.07. The fraction of sp³-hybridized carbons (Fsp3) is 0.414. The van der Waals surface area contributed by atoms with Gasteiger partial charge in [-0.2, -0.15) is 0 Å². The number of hydrogen-bond donors (Lipinski definition) is 2. The molecule has 3 saturated heterocycles. The van der Waals surface area contributed by atoms with Crippen LogP contribution in [0.5, 0.6) is 0 Å². The van der Waals surface area contributed by atoms with Crippen molar-refractivity contribution in [3.8, 4) is 0 Å². The zero-order valence-corrected chi connectivity index (χ0v) is 22.7. The Morgan fingerprint density at radius 3 is 2.53 bits per heavy atom. The molecule has 1 spiro atoms. The maximum Gasteiger partial charge on any atom is 0.308 e. The van der Waals surface area contributed by atoms with E-state index in [1.54, 1.807) is 30.3 Å². The van der Waals surface area contributed by atoms with Gasteiger partial charge in [0.25, 0.3) is 5.91 Å². The molecule has 3 heterocycles. The number of hydrogen-bond acceptors (Lipinski definition) is 5. The van der Waals surface area contributed by atoms with Gasteiger partial charge in [0.2, 0.25) is 5.91 Å². The molecule has 2 amide bonds. The third kappa shape index (κ3) is 4.05. The van der Waals surface area contributed by atoms with Gasteiger partial charge in [-0.25, -0.2) is 0 Å². The standard InChI is InChI=1S/C29H31ClN2O5S/c1-3-15-31(21-12-8-7-11-20(21)30)26(35)24-29-14-13-28(2,38-29)23(27(36)37)22(29)25(34)32(24)19(17-33)16-18-9-5-4-6-10-18/h3-12,19,22-24,33H,1,13-17H2,2H3,(H,36,37)/t19-,22+,23+,24?,28-,29?/m1/s1. The highest BCUT2D eigenvalue weighted by molar-refractivity contribution is 8.02. The van der Waals surface area contributed by atoms with E-state index in [1.807, 2.05) is 37.3 Å². The van der Waals surface area contributed by atoms with Gasteiger partial charge < -0.3 is 20.0 Å². The van der Waals surface area contributed by atoms with Gasteiger partial charge in [-0.3, -0.25) is 14.4 Å². The third-order valence-corrected chi connectivity index (χ3v) is 10.7. The molecule has 2 aromatic rings. The van der Waals surface area contributed by atoms with Gasteiger partial charge in [-0.15, -0.1) is 18.3 Å². The van der Waals surface area contributed by atoms with Crippen molar-refractivity contribution in [2.75, 3.05) is 18.1 Å². The quantitative estimate of drug-likeness (QED) is 0.454. The number of aliphatic hydroxyl groups excluding tert-OH is 1. The van der Waals surface area contributed by atoms with Crippen LogP contribution in [0.4, 0.5) is 5.69 Å². The Balaban J connectivity index is 1.64. The molecule has 2 bridgehead atoms. The highest BCUT2D eigenvalue weighted by atomic mass is 35.5. The fourth-order valence-corrected chi connectivity index (χ4v) is 9.37. The van der Waals surface area contributed by atoms with Crippen LogP contribution in [0, 0.1) is 11.8 Å². The van der Waals surface area contributed by atoms with Gasteiger partial charge in [0.15, 0.2) is 0 Å². The Kier molecular flexibility index (Phi) is 7.09. The van der Waals surface area contributed by atoms with Crippen LogP contribution in [0.25, 0.3) is 0 Å². The topological polar surface area (TPSA) is 98.2 Å². The summed E-state index contributed by atoms with van der Waals surface area (Å²) < 4.78 is -1.57. The summed E-state index contributed by atoms with van der Waals surface area (Å²) in [4.78, 5) is 44.4. The number of thioether (sulfide) groups is 1. The van der Waals surface area contributed by atoms with E-state index in [2.05, 4.69) is 6.58 Å². The second kappa shape index (κ2) is 10.1. The minimum atomic E-state index is -1.02. The lowest BCUT2D eigenvalue weighted by Gasteiger charge is -2.39. The first-order valence-electron chi connectivity index (χ1n) is 12.7. The van der Waals surface area contributed by atoms with E-state index in [0.717, 1.165) is 5.56 Å². The maximum atomic E-state index is 14.6. The second-order valence-corrected chi connectivity index (χ2v) is 12.8. The van der Waals surface area contributed by atoms with Gasteiger partial charge in [0.05, 0.1) is 39.9 Å². The van der Waals surface area contributed by atoms with Crippen molar-refractivity contribution in [1.82, 2.24) is 4.90 Å². The highest BCUT2D eigenvalue weighted by Crippen LogP contribution is 2.71. The van der Waals surface area contributed by atoms with Crippen molar-refractivity contribution < 1.29 is 24.6 Å². The second-order valence-electron chi connectivity index (χ2n) is 10.5. The Morgan fingerprint density at radius 1 is 1.21 bits per heavy atom. The van der Waals surface area contributed by atoms with Gasteiger partial charge in [0, 0.05) is 11.3 Å². The molecular formula is C29H31ClN2O5S.